The van der Waals surface area contributed by atoms with E-state index < -0.39 is 0 Å². The normalized spacial score (nSPS) is 54.0. The van der Waals surface area contributed by atoms with E-state index in [-0.39, 0.29) is 5.54 Å². The van der Waals surface area contributed by atoms with Gasteiger partial charge in [0.05, 0.1) is 0 Å². The molecule has 0 spiro atoms. The SMILES string of the molecule is CC(N)(C1CC1)C12CC3CC(CC(C3)C1)C2. The largest absolute Gasteiger partial charge is 0.325 e. The highest BCUT2D eigenvalue weighted by Gasteiger charge is 2.60. The van der Waals surface area contributed by atoms with Crippen LogP contribution in [0.5, 0.6) is 0 Å². The standard InChI is InChI=1S/C15H25N/c1-14(16,13-2-3-13)15-7-10-4-11(8-15)6-12(5-10)9-15/h10-13H,2-9,16H2,1H3. The summed E-state index contributed by atoms with van der Waals surface area (Å²) in [5.74, 6) is 4.01. The Hall–Kier alpha value is -0.0400. The fourth-order valence-electron chi connectivity index (χ4n) is 5.89. The zero-order valence-corrected chi connectivity index (χ0v) is 10.5. The highest BCUT2D eigenvalue weighted by Crippen LogP contribution is 2.66. The molecule has 0 amide bonds. The number of hydrogen-bond donors (Lipinski definition) is 1. The van der Waals surface area contributed by atoms with Gasteiger partial charge in [0.15, 0.2) is 0 Å². The third-order valence-electron chi connectivity index (χ3n) is 6.61. The van der Waals surface area contributed by atoms with Crippen molar-refractivity contribution in [1.82, 2.24) is 0 Å². The second-order valence-corrected chi connectivity index (χ2v) is 7.75. The van der Waals surface area contributed by atoms with Gasteiger partial charge in [0.2, 0.25) is 0 Å². The molecule has 1 atom stereocenters. The van der Waals surface area contributed by atoms with Crippen molar-refractivity contribution in [2.75, 3.05) is 0 Å². The summed E-state index contributed by atoms with van der Waals surface area (Å²) in [6.07, 6.45) is 11.9. The van der Waals surface area contributed by atoms with E-state index in [9.17, 15) is 0 Å². The minimum atomic E-state index is 0.170. The molecule has 2 N–H and O–H groups in total. The van der Waals surface area contributed by atoms with Gasteiger partial charge in [-0.25, -0.2) is 0 Å². The number of hydrogen-bond acceptors (Lipinski definition) is 1. The molecule has 5 aliphatic carbocycles. The van der Waals surface area contributed by atoms with Crippen molar-refractivity contribution in [3.05, 3.63) is 0 Å². The van der Waals surface area contributed by atoms with Crippen LogP contribution in [0.2, 0.25) is 0 Å². The fraction of sp³-hybridized carbons (Fsp3) is 1.00. The Labute approximate surface area is 99.2 Å². The van der Waals surface area contributed by atoms with E-state index in [2.05, 4.69) is 6.92 Å². The quantitative estimate of drug-likeness (QED) is 0.757. The molecule has 0 aromatic heterocycles. The van der Waals surface area contributed by atoms with Crippen LogP contribution in [0.15, 0.2) is 0 Å². The zero-order chi connectivity index (χ0) is 11.0. The van der Waals surface area contributed by atoms with E-state index in [0.717, 1.165) is 23.7 Å². The predicted molar refractivity (Wildman–Crippen MR) is 65.9 cm³/mol. The zero-order valence-electron chi connectivity index (χ0n) is 10.5. The summed E-state index contributed by atoms with van der Waals surface area (Å²) < 4.78 is 0. The first-order valence-corrected chi connectivity index (χ1v) is 7.38. The Morgan fingerprint density at radius 2 is 1.38 bits per heavy atom. The molecule has 0 heterocycles. The van der Waals surface area contributed by atoms with Gasteiger partial charge < -0.3 is 5.73 Å². The maximum absolute atomic E-state index is 6.82. The summed E-state index contributed by atoms with van der Waals surface area (Å²) in [6.45, 7) is 2.40. The molecule has 4 bridgehead atoms. The van der Waals surface area contributed by atoms with E-state index >= 15 is 0 Å². The lowest BCUT2D eigenvalue weighted by Crippen LogP contribution is -2.62. The molecule has 1 nitrogen and oxygen atoms in total. The van der Waals surface area contributed by atoms with Crippen LogP contribution in [-0.2, 0) is 0 Å². The molecule has 5 aliphatic rings. The smallest absolute Gasteiger partial charge is 0.0211 e. The van der Waals surface area contributed by atoms with Crippen molar-refractivity contribution >= 4 is 0 Å². The molecule has 1 unspecified atom stereocenters. The third kappa shape index (κ3) is 1.16. The maximum Gasteiger partial charge on any atom is 0.0211 e. The van der Waals surface area contributed by atoms with Crippen LogP contribution in [0.4, 0.5) is 0 Å². The summed E-state index contributed by atoms with van der Waals surface area (Å²) in [4.78, 5) is 0. The fourth-order valence-corrected chi connectivity index (χ4v) is 5.89. The van der Waals surface area contributed by atoms with Gasteiger partial charge in [-0.05, 0) is 87.4 Å². The first-order valence-electron chi connectivity index (χ1n) is 7.38. The Kier molecular flexibility index (Phi) is 1.77. The lowest BCUT2D eigenvalue weighted by Gasteiger charge is -2.62. The molecular weight excluding hydrogens is 194 g/mol. The van der Waals surface area contributed by atoms with Crippen LogP contribution in [0.3, 0.4) is 0 Å². The molecule has 1 heteroatoms. The van der Waals surface area contributed by atoms with Crippen molar-refractivity contribution in [1.29, 1.82) is 0 Å². The van der Waals surface area contributed by atoms with E-state index in [1.165, 1.54) is 32.1 Å². The molecule has 0 aromatic carbocycles. The van der Waals surface area contributed by atoms with Crippen molar-refractivity contribution in [3.63, 3.8) is 0 Å². The topological polar surface area (TPSA) is 26.0 Å². The number of rotatable bonds is 2. The molecule has 0 radical (unpaired) electrons. The third-order valence-corrected chi connectivity index (χ3v) is 6.61. The van der Waals surface area contributed by atoms with Crippen LogP contribution < -0.4 is 5.73 Å². The molecule has 16 heavy (non-hydrogen) atoms. The lowest BCUT2D eigenvalue weighted by atomic mass is 9.44. The summed E-state index contributed by atoms with van der Waals surface area (Å²) in [6, 6.07) is 0. The van der Waals surface area contributed by atoms with E-state index in [0.29, 0.717) is 5.41 Å². The summed E-state index contributed by atoms with van der Waals surface area (Å²) in [5, 5.41) is 0. The van der Waals surface area contributed by atoms with Crippen molar-refractivity contribution in [2.45, 2.75) is 63.8 Å². The lowest BCUT2D eigenvalue weighted by molar-refractivity contribution is -0.0987. The molecule has 0 saturated heterocycles. The van der Waals surface area contributed by atoms with Gasteiger partial charge in [-0.2, -0.15) is 0 Å². The molecule has 5 fully saturated rings. The van der Waals surface area contributed by atoms with Crippen molar-refractivity contribution < 1.29 is 0 Å². The second kappa shape index (κ2) is 2.85. The Bertz CT molecular complexity index is 278. The molecule has 0 aliphatic heterocycles. The molecule has 0 aromatic rings. The van der Waals surface area contributed by atoms with Crippen LogP contribution in [-0.4, -0.2) is 5.54 Å². The Morgan fingerprint density at radius 3 is 1.75 bits per heavy atom. The molecule has 90 valence electrons. The Morgan fingerprint density at radius 1 is 0.938 bits per heavy atom. The average molecular weight is 219 g/mol. The minimum absolute atomic E-state index is 0.170. The van der Waals surface area contributed by atoms with E-state index in [1.54, 1.807) is 19.3 Å². The van der Waals surface area contributed by atoms with Crippen LogP contribution in [0, 0.1) is 29.1 Å². The number of nitrogens with two attached hydrogens (primary N) is 1. The van der Waals surface area contributed by atoms with Gasteiger partial charge in [-0.3, -0.25) is 0 Å². The van der Waals surface area contributed by atoms with Gasteiger partial charge in [0, 0.05) is 5.54 Å². The highest BCUT2D eigenvalue weighted by atomic mass is 14.8. The second-order valence-electron chi connectivity index (χ2n) is 7.75. The molecular formula is C15H25N. The van der Waals surface area contributed by atoms with E-state index in [1.807, 2.05) is 0 Å². The van der Waals surface area contributed by atoms with Gasteiger partial charge in [-0.15, -0.1) is 0 Å². The van der Waals surface area contributed by atoms with Gasteiger partial charge in [-0.1, -0.05) is 0 Å². The summed E-state index contributed by atoms with van der Waals surface area (Å²) in [5.41, 5.74) is 7.55. The highest BCUT2D eigenvalue weighted by molar-refractivity contribution is 5.14. The van der Waals surface area contributed by atoms with Crippen molar-refractivity contribution in [3.8, 4) is 0 Å². The summed E-state index contributed by atoms with van der Waals surface area (Å²) in [7, 11) is 0. The molecule has 5 saturated carbocycles. The maximum atomic E-state index is 6.82. The average Bonchev–Trinajstić information content (AvgIpc) is 2.97. The van der Waals surface area contributed by atoms with Crippen molar-refractivity contribution in [2.24, 2.45) is 34.8 Å². The van der Waals surface area contributed by atoms with Crippen LogP contribution in [0.25, 0.3) is 0 Å². The predicted octanol–water partition coefficient (Wildman–Crippen LogP) is 3.33. The molecule has 5 rings (SSSR count). The van der Waals surface area contributed by atoms with Gasteiger partial charge in [0.25, 0.3) is 0 Å². The Balaban J connectivity index is 1.70. The first kappa shape index (κ1) is 9.94. The summed E-state index contributed by atoms with van der Waals surface area (Å²) >= 11 is 0. The van der Waals surface area contributed by atoms with Crippen LogP contribution >= 0.6 is 0 Å². The van der Waals surface area contributed by atoms with Gasteiger partial charge >= 0.3 is 0 Å². The first-order chi connectivity index (χ1) is 7.59. The monoisotopic (exact) mass is 219 g/mol. The van der Waals surface area contributed by atoms with Crippen LogP contribution in [0.1, 0.15) is 58.3 Å². The van der Waals surface area contributed by atoms with Gasteiger partial charge in [0.1, 0.15) is 0 Å². The minimum Gasteiger partial charge on any atom is -0.325 e. The van der Waals surface area contributed by atoms with E-state index in [4.69, 9.17) is 5.73 Å².